The molecule has 1 aliphatic carbocycles. The number of nitrogens with one attached hydrogen (secondary N) is 1. The van der Waals surface area contributed by atoms with Crippen LogP contribution in [-0.2, 0) is 11.3 Å². The summed E-state index contributed by atoms with van der Waals surface area (Å²) in [5, 5.41) is 12.4. The van der Waals surface area contributed by atoms with Gasteiger partial charge in [0.1, 0.15) is 17.6 Å². The van der Waals surface area contributed by atoms with Crippen LogP contribution in [-0.4, -0.2) is 11.1 Å². The van der Waals surface area contributed by atoms with E-state index in [2.05, 4.69) is 12.2 Å². The van der Waals surface area contributed by atoms with Crippen molar-refractivity contribution in [3.05, 3.63) is 59.5 Å². The van der Waals surface area contributed by atoms with Gasteiger partial charge in [-0.3, -0.25) is 10.1 Å². The number of hydrogen-bond donors (Lipinski definition) is 2. The molecule has 3 rings (SSSR count). The van der Waals surface area contributed by atoms with Crippen LogP contribution in [0.1, 0.15) is 42.4 Å². The lowest BCUT2D eigenvalue weighted by Crippen LogP contribution is -2.27. The molecule has 0 saturated heterocycles. The number of rotatable bonds is 6. The van der Waals surface area contributed by atoms with Crippen molar-refractivity contribution in [2.45, 2.75) is 31.8 Å². The summed E-state index contributed by atoms with van der Waals surface area (Å²) >= 11 is 0. The van der Waals surface area contributed by atoms with Crippen molar-refractivity contribution < 1.29 is 14.3 Å². The number of carboxylic acids is 1. The normalized spacial score (nSPS) is 22.0. The van der Waals surface area contributed by atoms with E-state index in [0.29, 0.717) is 18.4 Å². The molecule has 21 heavy (non-hydrogen) atoms. The fraction of sp³-hybridized carbons (Fsp3) is 0.353. The Kier molecular flexibility index (Phi) is 3.80. The van der Waals surface area contributed by atoms with Crippen molar-refractivity contribution in [2.75, 3.05) is 0 Å². The standard InChI is InChI=1S/C17H19NO3/c1-11-9-14(11)15-8-7-13(21-15)10-18-16(17(19)20)12-5-3-2-4-6-12/h2-8,11,14,16,18H,9-10H2,1H3,(H,19,20)/t11?,14?,16-/m1/s1. The molecule has 3 atom stereocenters. The number of furan rings is 1. The van der Waals surface area contributed by atoms with Crippen molar-refractivity contribution in [2.24, 2.45) is 5.92 Å². The molecule has 0 aliphatic heterocycles. The largest absolute Gasteiger partial charge is 0.480 e. The van der Waals surface area contributed by atoms with E-state index in [1.54, 1.807) is 0 Å². The molecule has 4 heteroatoms. The van der Waals surface area contributed by atoms with Gasteiger partial charge in [0.15, 0.2) is 0 Å². The lowest BCUT2D eigenvalue weighted by atomic mass is 10.1. The van der Waals surface area contributed by atoms with Gasteiger partial charge < -0.3 is 9.52 Å². The minimum absolute atomic E-state index is 0.410. The lowest BCUT2D eigenvalue weighted by molar-refractivity contribution is -0.139. The Bertz CT molecular complexity index is 620. The van der Waals surface area contributed by atoms with E-state index in [1.165, 1.54) is 6.42 Å². The van der Waals surface area contributed by atoms with Crippen LogP contribution in [0, 0.1) is 5.92 Å². The maximum atomic E-state index is 11.4. The predicted molar refractivity (Wildman–Crippen MR) is 78.9 cm³/mol. The van der Waals surface area contributed by atoms with Crippen molar-refractivity contribution in [1.29, 1.82) is 0 Å². The predicted octanol–water partition coefficient (Wildman–Crippen LogP) is 3.32. The molecule has 2 unspecified atom stereocenters. The van der Waals surface area contributed by atoms with E-state index < -0.39 is 12.0 Å². The van der Waals surface area contributed by atoms with Gasteiger partial charge in [-0.1, -0.05) is 37.3 Å². The highest BCUT2D eigenvalue weighted by molar-refractivity contribution is 5.75. The third kappa shape index (κ3) is 3.16. The Hall–Kier alpha value is -2.07. The second kappa shape index (κ2) is 5.74. The number of aliphatic carboxylic acids is 1. The number of hydrogen-bond acceptors (Lipinski definition) is 3. The monoisotopic (exact) mass is 285 g/mol. The molecule has 2 N–H and O–H groups in total. The first-order valence-electron chi connectivity index (χ1n) is 7.25. The fourth-order valence-electron chi connectivity index (χ4n) is 2.60. The van der Waals surface area contributed by atoms with Crippen molar-refractivity contribution in [1.82, 2.24) is 5.32 Å². The van der Waals surface area contributed by atoms with Gasteiger partial charge in [-0.15, -0.1) is 0 Å². The average Bonchev–Trinajstić information content (AvgIpc) is 3.02. The highest BCUT2D eigenvalue weighted by atomic mass is 16.4. The molecule has 0 spiro atoms. The zero-order valence-corrected chi connectivity index (χ0v) is 12.0. The third-order valence-electron chi connectivity index (χ3n) is 4.02. The Morgan fingerprint density at radius 1 is 1.33 bits per heavy atom. The molecule has 0 radical (unpaired) electrons. The van der Waals surface area contributed by atoms with Crippen LogP contribution >= 0.6 is 0 Å². The van der Waals surface area contributed by atoms with Gasteiger partial charge >= 0.3 is 5.97 Å². The molecule has 1 saturated carbocycles. The Balaban J connectivity index is 1.64. The molecule has 1 aliphatic rings. The van der Waals surface area contributed by atoms with Crippen LogP contribution in [0.15, 0.2) is 46.9 Å². The zero-order valence-electron chi connectivity index (χ0n) is 12.0. The van der Waals surface area contributed by atoms with E-state index >= 15 is 0 Å². The minimum Gasteiger partial charge on any atom is -0.480 e. The molecular weight excluding hydrogens is 266 g/mol. The fourth-order valence-corrected chi connectivity index (χ4v) is 2.60. The van der Waals surface area contributed by atoms with Crippen LogP contribution in [0.5, 0.6) is 0 Å². The minimum atomic E-state index is -0.885. The smallest absolute Gasteiger partial charge is 0.325 e. The molecule has 0 bridgehead atoms. The summed E-state index contributed by atoms with van der Waals surface area (Å²) in [4.78, 5) is 11.4. The van der Waals surface area contributed by atoms with Gasteiger partial charge in [0.05, 0.1) is 6.54 Å². The summed E-state index contributed by atoms with van der Waals surface area (Å²) in [6.07, 6.45) is 1.18. The Morgan fingerprint density at radius 2 is 2.05 bits per heavy atom. The molecular formula is C17H19NO3. The third-order valence-corrected chi connectivity index (χ3v) is 4.02. The second-order valence-electron chi connectivity index (χ2n) is 5.69. The number of benzene rings is 1. The van der Waals surface area contributed by atoms with Gasteiger partial charge in [-0.2, -0.15) is 0 Å². The molecule has 0 amide bonds. The maximum Gasteiger partial charge on any atom is 0.325 e. The van der Waals surface area contributed by atoms with E-state index in [4.69, 9.17) is 4.42 Å². The average molecular weight is 285 g/mol. The highest BCUT2D eigenvalue weighted by Crippen LogP contribution is 2.47. The first kappa shape index (κ1) is 13.9. The summed E-state index contributed by atoms with van der Waals surface area (Å²) in [6, 6.07) is 12.4. The van der Waals surface area contributed by atoms with E-state index in [-0.39, 0.29) is 0 Å². The number of carboxylic acid groups (broad SMARTS) is 1. The highest BCUT2D eigenvalue weighted by Gasteiger charge is 2.36. The van der Waals surface area contributed by atoms with Crippen molar-refractivity contribution >= 4 is 5.97 Å². The van der Waals surface area contributed by atoms with Gasteiger partial charge in [0.25, 0.3) is 0 Å². The Labute approximate surface area is 123 Å². The molecule has 1 fully saturated rings. The quantitative estimate of drug-likeness (QED) is 0.854. The topological polar surface area (TPSA) is 62.5 Å². The van der Waals surface area contributed by atoms with E-state index in [9.17, 15) is 9.90 Å². The van der Waals surface area contributed by atoms with E-state index in [1.807, 2.05) is 42.5 Å². The SMILES string of the molecule is CC1CC1c1ccc(CN[C@@H](C(=O)O)c2ccccc2)o1. The van der Waals surface area contributed by atoms with Crippen LogP contribution in [0.25, 0.3) is 0 Å². The summed E-state index contributed by atoms with van der Waals surface area (Å²) < 4.78 is 5.79. The summed E-state index contributed by atoms with van der Waals surface area (Å²) in [5.41, 5.74) is 0.743. The molecule has 110 valence electrons. The molecule has 1 aromatic heterocycles. The van der Waals surface area contributed by atoms with Crippen LogP contribution < -0.4 is 5.32 Å². The van der Waals surface area contributed by atoms with Crippen LogP contribution in [0.3, 0.4) is 0 Å². The number of carbonyl (C=O) groups is 1. The summed E-state index contributed by atoms with van der Waals surface area (Å²) in [6.45, 7) is 2.62. The van der Waals surface area contributed by atoms with Crippen molar-refractivity contribution in [3.8, 4) is 0 Å². The van der Waals surface area contributed by atoms with Gasteiger partial charge in [0, 0.05) is 5.92 Å². The maximum absolute atomic E-state index is 11.4. The summed E-state index contributed by atoms with van der Waals surface area (Å²) in [5.74, 6) is 2.16. The van der Waals surface area contributed by atoms with Crippen LogP contribution in [0.4, 0.5) is 0 Å². The zero-order chi connectivity index (χ0) is 14.8. The van der Waals surface area contributed by atoms with Gasteiger partial charge in [-0.05, 0) is 30.0 Å². The van der Waals surface area contributed by atoms with Crippen molar-refractivity contribution in [3.63, 3.8) is 0 Å². The first-order valence-corrected chi connectivity index (χ1v) is 7.25. The lowest BCUT2D eigenvalue weighted by Gasteiger charge is -2.13. The second-order valence-corrected chi connectivity index (χ2v) is 5.69. The van der Waals surface area contributed by atoms with Crippen LogP contribution in [0.2, 0.25) is 0 Å². The van der Waals surface area contributed by atoms with Gasteiger partial charge in [-0.25, -0.2) is 0 Å². The molecule has 1 aromatic carbocycles. The summed E-state index contributed by atoms with van der Waals surface area (Å²) in [7, 11) is 0. The first-order chi connectivity index (χ1) is 10.1. The Morgan fingerprint density at radius 3 is 2.67 bits per heavy atom. The van der Waals surface area contributed by atoms with E-state index in [0.717, 1.165) is 17.1 Å². The molecule has 4 nitrogen and oxygen atoms in total. The molecule has 2 aromatic rings. The molecule has 1 heterocycles. The van der Waals surface area contributed by atoms with Gasteiger partial charge in [0.2, 0.25) is 0 Å².